The zero-order valence-corrected chi connectivity index (χ0v) is 19.9. The average molecular weight is 452 g/mol. The summed E-state index contributed by atoms with van der Waals surface area (Å²) in [6.07, 6.45) is 0. The molecule has 0 heterocycles. The predicted octanol–water partition coefficient (Wildman–Crippen LogP) is 5.79. The summed E-state index contributed by atoms with van der Waals surface area (Å²) in [5.41, 5.74) is 4.83. The third-order valence-electron chi connectivity index (χ3n) is 5.56. The maximum Gasteiger partial charge on any atom is 0.338 e. The van der Waals surface area contributed by atoms with Crippen LogP contribution in [0.1, 0.15) is 48.2 Å². The molecule has 0 aliphatic carbocycles. The van der Waals surface area contributed by atoms with Crippen LogP contribution in [0.15, 0.2) is 71.6 Å². The van der Waals surface area contributed by atoms with Crippen molar-refractivity contribution in [3.63, 3.8) is 0 Å². The van der Waals surface area contributed by atoms with Gasteiger partial charge in [0, 0.05) is 6.54 Å². The molecule has 0 spiro atoms. The molecule has 0 N–H and O–H groups in total. The van der Waals surface area contributed by atoms with E-state index in [9.17, 15) is 13.2 Å². The standard InChI is InChI=1S/C26H29NO4S/c1-6-27(32(29,30)24-16-7-19(4)25(17-24)26(28)31-5)23-14-12-22(13-15-23)21-10-8-20(9-11-21)18(2)3/h7-18H,6H2,1-5H3. The molecule has 3 aromatic rings. The third-order valence-corrected chi connectivity index (χ3v) is 7.45. The summed E-state index contributed by atoms with van der Waals surface area (Å²) in [5.74, 6) is -0.0911. The van der Waals surface area contributed by atoms with E-state index in [4.69, 9.17) is 4.74 Å². The fourth-order valence-electron chi connectivity index (χ4n) is 3.59. The van der Waals surface area contributed by atoms with Crippen LogP contribution in [0.2, 0.25) is 0 Å². The van der Waals surface area contributed by atoms with Crippen LogP contribution < -0.4 is 4.31 Å². The van der Waals surface area contributed by atoms with Gasteiger partial charge in [-0.05, 0) is 66.3 Å². The normalized spacial score (nSPS) is 11.4. The number of carbonyl (C=O) groups excluding carboxylic acids is 1. The van der Waals surface area contributed by atoms with Crippen molar-refractivity contribution in [2.24, 2.45) is 0 Å². The minimum Gasteiger partial charge on any atom is -0.465 e. The fraction of sp³-hybridized carbons (Fsp3) is 0.269. The highest BCUT2D eigenvalue weighted by molar-refractivity contribution is 7.92. The number of aryl methyl sites for hydroxylation is 1. The van der Waals surface area contributed by atoms with Crippen LogP contribution >= 0.6 is 0 Å². The molecule has 0 saturated heterocycles. The number of ether oxygens (including phenoxy) is 1. The molecule has 0 atom stereocenters. The van der Waals surface area contributed by atoms with Gasteiger partial charge in [0.1, 0.15) is 0 Å². The number of nitrogens with zero attached hydrogens (tertiary/aromatic N) is 1. The van der Waals surface area contributed by atoms with Crippen molar-refractivity contribution < 1.29 is 17.9 Å². The molecule has 0 aliphatic heterocycles. The minimum atomic E-state index is -3.85. The van der Waals surface area contributed by atoms with Gasteiger partial charge in [-0.15, -0.1) is 0 Å². The summed E-state index contributed by atoms with van der Waals surface area (Å²) in [7, 11) is -2.58. The molecule has 0 aromatic heterocycles. The molecule has 0 fully saturated rings. The van der Waals surface area contributed by atoms with Gasteiger partial charge in [-0.25, -0.2) is 13.2 Å². The molecular formula is C26H29NO4S. The molecule has 5 nitrogen and oxygen atoms in total. The van der Waals surface area contributed by atoms with E-state index in [0.29, 0.717) is 17.2 Å². The number of esters is 1. The second-order valence-corrected chi connectivity index (χ2v) is 9.82. The maximum absolute atomic E-state index is 13.4. The molecule has 0 aliphatic rings. The number of anilines is 1. The number of carbonyl (C=O) groups is 1. The van der Waals surface area contributed by atoms with Crippen LogP contribution in [0.25, 0.3) is 11.1 Å². The number of hydrogen-bond donors (Lipinski definition) is 0. The number of methoxy groups -OCH3 is 1. The van der Waals surface area contributed by atoms with E-state index < -0.39 is 16.0 Å². The Bertz CT molecular complexity index is 1200. The molecule has 3 aromatic carbocycles. The second-order valence-electron chi connectivity index (χ2n) is 7.96. The van der Waals surface area contributed by atoms with Gasteiger partial charge in [0.25, 0.3) is 10.0 Å². The number of hydrogen-bond acceptors (Lipinski definition) is 4. The molecular weight excluding hydrogens is 422 g/mol. The van der Waals surface area contributed by atoms with Gasteiger partial charge in [0.05, 0.1) is 23.3 Å². The summed E-state index contributed by atoms with van der Waals surface area (Å²) >= 11 is 0. The van der Waals surface area contributed by atoms with Crippen LogP contribution in [0.4, 0.5) is 5.69 Å². The van der Waals surface area contributed by atoms with E-state index in [2.05, 4.69) is 38.1 Å². The minimum absolute atomic E-state index is 0.0544. The monoisotopic (exact) mass is 451 g/mol. The highest BCUT2D eigenvalue weighted by atomic mass is 32.2. The van der Waals surface area contributed by atoms with Gasteiger partial charge in [-0.3, -0.25) is 4.31 Å². The summed E-state index contributed by atoms with van der Waals surface area (Å²) in [6.45, 7) is 8.10. The first-order valence-electron chi connectivity index (χ1n) is 10.6. The number of rotatable bonds is 7. The first kappa shape index (κ1) is 23.5. The van der Waals surface area contributed by atoms with Gasteiger partial charge in [-0.2, -0.15) is 0 Å². The number of benzene rings is 3. The Kier molecular flexibility index (Phi) is 7.04. The lowest BCUT2D eigenvalue weighted by molar-refractivity contribution is 0.0599. The largest absolute Gasteiger partial charge is 0.465 e. The quantitative estimate of drug-likeness (QED) is 0.427. The maximum atomic E-state index is 13.4. The van der Waals surface area contributed by atoms with Crippen molar-refractivity contribution in [2.45, 2.75) is 38.5 Å². The van der Waals surface area contributed by atoms with E-state index >= 15 is 0 Å². The molecule has 0 radical (unpaired) electrons. The predicted molar refractivity (Wildman–Crippen MR) is 129 cm³/mol. The van der Waals surface area contributed by atoms with Crippen molar-refractivity contribution in [3.8, 4) is 11.1 Å². The lowest BCUT2D eigenvalue weighted by Gasteiger charge is -2.23. The van der Waals surface area contributed by atoms with Crippen LogP contribution in [-0.4, -0.2) is 28.0 Å². The Balaban J connectivity index is 1.93. The first-order valence-corrected chi connectivity index (χ1v) is 12.0. The highest BCUT2D eigenvalue weighted by Crippen LogP contribution is 2.29. The van der Waals surface area contributed by atoms with Crippen molar-refractivity contribution in [1.29, 1.82) is 0 Å². The highest BCUT2D eigenvalue weighted by Gasteiger charge is 2.25. The van der Waals surface area contributed by atoms with Crippen LogP contribution in [-0.2, 0) is 14.8 Å². The summed E-state index contributed by atoms with van der Waals surface area (Å²) < 4.78 is 32.9. The Morgan fingerprint density at radius 3 is 2.00 bits per heavy atom. The lowest BCUT2D eigenvalue weighted by atomic mass is 9.99. The SMILES string of the molecule is CCN(c1ccc(-c2ccc(C(C)C)cc2)cc1)S(=O)(=O)c1ccc(C)c(C(=O)OC)c1. The topological polar surface area (TPSA) is 63.7 Å². The van der Waals surface area contributed by atoms with Gasteiger partial charge in [0.15, 0.2) is 0 Å². The zero-order chi connectivity index (χ0) is 23.5. The van der Waals surface area contributed by atoms with E-state index in [1.54, 1.807) is 19.9 Å². The van der Waals surface area contributed by atoms with Gasteiger partial charge >= 0.3 is 5.97 Å². The second kappa shape index (κ2) is 9.57. The molecule has 0 bridgehead atoms. The van der Waals surface area contributed by atoms with Crippen molar-refractivity contribution in [2.75, 3.05) is 18.0 Å². The van der Waals surface area contributed by atoms with Crippen molar-refractivity contribution in [1.82, 2.24) is 0 Å². The van der Waals surface area contributed by atoms with Gasteiger partial charge in [0.2, 0.25) is 0 Å². The Hall–Kier alpha value is -3.12. The summed E-state index contributed by atoms with van der Waals surface area (Å²) in [5, 5.41) is 0. The molecule has 168 valence electrons. The Labute approximate surface area is 190 Å². The molecule has 0 amide bonds. The van der Waals surface area contributed by atoms with E-state index in [-0.39, 0.29) is 17.0 Å². The van der Waals surface area contributed by atoms with Gasteiger partial charge < -0.3 is 4.74 Å². The molecule has 0 unspecified atom stereocenters. The third kappa shape index (κ3) is 4.70. The van der Waals surface area contributed by atoms with E-state index in [0.717, 1.165) is 11.1 Å². The van der Waals surface area contributed by atoms with Gasteiger partial charge in [-0.1, -0.05) is 56.3 Å². The average Bonchev–Trinajstić information content (AvgIpc) is 2.79. The number of sulfonamides is 1. The van der Waals surface area contributed by atoms with Crippen LogP contribution in [0.3, 0.4) is 0 Å². The lowest BCUT2D eigenvalue weighted by Crippen LogP contribution is -2.31. The Morgan fingerprint density at radius 1 is 0.938 bits per heavy atom. The molecule has 32 heavy (non-hydrogen) atoms. The van der Waals surface area contributed by atoms with Crippen LogP contribution in [0.5, 0.6) is 0 Å². The molecule has 6 heteroatoms. The van der Waals surface area contributed by atoms with Crippen molar-refractivity contribution in [3.05, 3.63) is 83.4 Å². The van der Waals surface area contributed by atoms with E-state index in [1.807, 2.05) is 24.3 Å². The fourth-order valence-corrected chi connectivity index (χ4v) is 5.09. The van der Waals surface area contributed by atoms with Crippen LogP contribution in [0, 0.1) is 6.92 Å². The molecule has 3 rings (SSSR count). The van der Waals surface area contributed by atoms with E-state index in [1.165, 1.54) is 29.1 Å². The molecule has 0 saturated carbocycles. The first-order chi connectivity index (χ1) is 15.2. The Morgan fingerprint density at radius 2 is 1.50 bits per heavy atom. The zero-order valence-electron chi connectivity index (χ0n) is 19.1. The summed E-state index contributed by atoms with van der Waals surface area (Å²) in [4.78, 5) is 12.1. The smallest absolute Gasteiger partial charge is 0.338 e. The summed E-state index contributed by atoms with van der Waals surface area (Å²) in [6, 6.07) is 20.4. The van der Waals surface area contributed by atoms with Crippen molar-refractivity contribution >= 4 is 21.7 Å².